The quantitative estimate of drug-likeness (QED) is 0.890. The third kappa shape index (κ3) is 4.15. The van der Waals surface area contributed by atoms with Crippen molar-refractivity contribution in [2.45, 2.75) is 63.5 Å². The number of benzene rings is 1. The van der Waals surface area contributed by atoms with E-state index in [1.165, 1.54) is 5.56 Å². The molecule has 0 radical (unpaired) electrons. The van der Waals surface area contributed by atoms with Crippen molar-refractivity contribution in [2.75, 3.05) is 19.6 Å². The van der Waals surface area contributed by atoms with Crippen molar-refractivity contribution in [1.29, 1.82) is 0 Å². The van der Waals surface area contributed by atoms with E-state index in [1.54, 1.807) is 0 Å². The molecule has 2 aliphatic rings. The summed E-state index contributed by atoms with van der Waals surface area (Å²) in [6.07, 6.45) is 2.43. The zero-order valence-electron chi connectivity index (χ0n) is 14.9. The molecule has 1 aromatic rings. The van der Waals surface area contributed by atoms with Gasteiger partial charge < -0.3 is 5.32 Å². The van der Waals surface area contributed by atoms with Gasteiger partial charge in [-0.15, -0.1) is 0 Å². The van der Waals surface area contributed by atoms with Crippen LogP contribution in [0.5, 0.6) is 0 Å². The van der Waals surface area contributed by atoms with Crippen molar-refractivity contribution in [1.82, 2.24) is 10.2 Å². The summed E-state index contributed by atoms with van der Waals surface area (Å²) in [7, 11) is 0. The topological polar surface area (TPSA) is 15.3 Å². The zero-order valence-corrected chi connectivity index (χ0v) is 14.9. The van der Waals surface area contributed by atoms with Crippen molar-refractivity contribution >= 4 is 0 Å². The minimum absolute atomic E-state index is 0.00641. The Balaban J connectivity index is 1.61. The highest BCUT2D eigenvalue weighted by molar-refractivity contribution is 5.16. The molecule has 1 saturated carbocycles. The van der Waals surface area contributed by atoms with Gasteiger partial charge in [0, 0.05) is 44.1 Å². The molecular formula is C20H30F2N2. The first kappa shape index (κ1) is 17.8. The highest BCUT2D eigenvalue weighted by Crippen LogP contribution is 2.42. The molecule has 3 rings (SSSR count). The van der Waals surface area contributed by atoms with E-state index in [0.717, 1.165) is 26.1 Å². The average molecular weight is 336 g/mol. The van der Waals surface area contributed by atoms with Crippen LogP contribution in [0.4, 0.5) is 8.78 Å². The molecule has 134 valence electrons. The SMILES string of the molecule is CC(C)(C1CCC(F)(F)CC1)N1CCNC(Cc2ccccc2)C1. The molecule has 1 aliphatic heterocycles. The van der Waals surface area contributed by atoms with Gasteiger partial charge >= 0.3 is 0 Å². The van der Waals surface area contributed by atoms with Gasteiger partial charge in [-0.25, -0.2) is 8.78 Å². The van der Waals surface area contributed by atoms with Crippen molar-refractivity contribution in [3.8, 4) is 0 Å². The number of nitrogens with one attached hydrogen (secondary N) is 1. The predicted octanol–water partition coefficient (Wildman–Crippen LogP) is 4.11. The maximum absolute atomic E-state index is 13.5. The van der Waals surface area contributed by atoms with E-state index in [0.29, 0.717) is 24.8 Å². The van der Waals surface area contributed by atoms with Gasteiger partial charge in [0.1, 0.15) is 0 Å². The molecular weight excluding hydrogens is 306 g/mol. The monoisotopic (exact) mass is 336 g/mol. The molecule has 4 heteroatoms. The molecule has 24 heavy (non-hydrogen) atoms. The van der Waals surface area contributed by atoms with E-state index >= 15 is 0 Å². The fraction of sp³-hybridized carbons (Fsp3) is 0.700. The Hall–Kier alpha value is -1.00. The Kier molecular flexibility index (Phi) is 5.26. The smallest absolute Gasteiger partial charge is 0.248 e. The van der Waals surface area contributed by atoms with Gasteiger partial charge in [-0.05, 0) is 44.6 Å². The fourth-order valence-electron chi connectivity index (χ4n) is 4.39. The van der Waals surface area contributed by atoms with Crippen LogP contribution in [0.25, 0.3) is 0 Å². The van der Waals surface area contributed by atoms with E-state index in [4.69, 9.17) is 0 Å². The number of halogens is 2. The lowest BCUT2D eigenvalue weighted by atomic mass is 9.74. The van der Waals surface area contributed by atoms with Gasteiger partial charge in [-0.1, -0.05) is 30.3 Å². The van der Waals surface area contributed by atoms with Crippen LogP contribution < -0.4 is 5.32 Å². The van der Waals surface area contributed by atoms with Crippen molar-refractivity contribution in [3.05, 3.63) is 35.9 Å². The lowest BCUT2D eigenvalue weighted by molar-refractivity contribution is -0.0719. The standard InChI is InChI=1S/C20H30F2N2/c1-19(2,17-8-10-20(21,22)11-9-17)24-13-12-23-18(15-24)14-16-6-4-3-5-7-16/h3-7,17-18,23H,8-15H2,1-2H3. The first-order valence-electron chi connectivity index (χ1n) is 9.27. The zero-order chi connectivity index (χ0) is 17.2. The summed E-state index contributed by atoms with van der Waals surface area (Å²) in [5, 5.41) is 3.62. The second kappa shape index (κ2) is 7.09. The van der Waals surface area contributed by atoms with Gasteiger partial charge in [0.05, 0.1) is 0 Å². The Bertz CT molecular complexity index is 520. The highest BCUT2D eigenvalue weighted by atomic mass is 19.3. The summed E-state index contributed by atoms with van der Waals surface area (Å²) in [6.45, 7) is 7.49. The second-order valence-corrected chi connectivity index (χ2v) is 8.07. The Morgan fingerprint density at radius 1 is 1.17 bits per heavy atom. The summed E-state index contributed by atoms with van der Waals surface area (Å²) < 4.78 is 27.0. The minimum Gasteiger partial charge on any atom is -0.311 e. The second-order valence-electron chi connectivity index (χ2n) is 8.07. The number of nitrogens with zero attached hydrogens (tertiary/aromatic N) is 1. The summed E-state index contributed by atoms with van der Waals surface area (Å²) in [5.74, 6) is -2.07. The number of alkyl halides is 2. The lowest BCUT2D eigenvalue weighted by Gasteiger charge is -2.49. The normalized spacial score (nSPS) is 26.4. The van der Waals surface area contributed by atoms with Crippen LogP contribution in [0.1, 0.15) is 45.1 Å². The maximum atomic E-state index is 13.5. The summed E-state index contributed by atoms with van der Waals surface area (Å²) in [4.78, 5) is 2.53. The van der Waals surface area contributed by atoms with Gasteiger partial charge in [0.25, 0.3) is 0 Å². The predicted molar refractivity (Wildman–Crippen MR) is 94.5 cm³/mol. The molecule has 1 aliphatic carbocycles. The molecule has 1 atom stereocenters. The van der Waals surface area contributed by atoms with Crippen molar-refractivity contribution < 1.29 is 8.78 Å². The number of rotatable bonds is 4. The largest absolute Gasteiger partial charge is 0.311 e. The number of hydrogen-bond acceptors (Lipinski definition) is 2. The van der Waals surface area contributed by atoms with Gasteiger partial charge in [-0.2, -0.15) is 0 Å². The molecule has 2 fully saturated rings. The van der Waals surface area contributed by atoms with Crippen LogP contribution in [-0.2, 0) is 6.42 Å². The van der Waals surface area contributed by atoms with E-state index in [9.17, 15) is 8.78 Å². The van der Waals surface area contributed by atoms with Crippen molar-refractivity contribution in [3.63, 3.8) is 0 Å². The molecule has 0 bridgehead atoms. The molecule has 1 unspecified atom stereocenters. The van der Waals surface area contributed by atoms with Crippen LogP contribution in [0.3, 0.4) is 0 Å². The van der Waals surface area contributed by atoms with E-state index < -0.39 is 5.92 Å². The van der Waals surface area contributed by atoms with E-state index in [-0.39, 0.29) is 18.4 Å². The van der Waals surface area contributed by atoms with Gasteiger partial charge in [-0.3, -0.25) is 4.90 Å². The maximum Gasteiger partial charge on any atom is 0.248 e. The highest BCUT2D eigenvalue weighted by Gasteiger charge is 2.43. The molecule has 0 spiro atoms. The van der Waals surface area contributed by atoms with E-state index in [1.807, 2.05) is 6.07 Å². The Morgan fingerprint density at radius 3 is 2.50 bits per heavy atom. The summed E-state index contributed by atoms with van der Waals surface area (Å²) in [5.41, 5.74) is 1.35. The number of hydrogen-bond donors (Lipinski definition) is 1. The molecule has 0 aromatic heterocycles. The van der Waals surface area contributed by atoms with Gasteiger partial charge in [0.15, 0.2) is 0 Å². The van der Waals surface area contributed by atoms with Crippen LogP contribution in [0.15, 0.2) is 30.3 Å². The van der Waals surface area contributed by atoms with E-state index in [2.05, 4.69) is 48.3 Å². The first-order valence-corrected chi connectivity index (χ1v) is 9.27. The fourth-order valence-corrected chi connectivity index (χ4v) is 4.39. The van der Waals surface area contributed by atoms with Crippen LogP contribution in [0.2, 0.25) is 0 Å². The molecule has 1 saturated heterocycles. The Labute approximate surface area is 144 Å². The minimum atomic E-state index is -2.44. The van der Waals surface area contributed by atoms with Crippen LogP contribution >= 0.6 is 0 Å². The molecule has 1 heterocycles. The Morgan fingerprint density at radius 2 is 1.83 bits per heavy atom. The molecule has 1 N–H and O–H groups in total. The number of piperazine rings is 1. The first-order chi connectivity index (χ1) is 11.4. The summed E-state index contributed by atoms with van der Waals surface area (Å²) >= 11 is 0. The molecule has 2 nitrogen and oxygen atoms in total. The summed E-state index contributed by atoms with van der Waals surface area (Å²) in [6, 6.07) is 11.0. The third-order valence-corrected chi connectivity index (χ3v) is 6.11. The average Bonchev–Trinajstić information content (AvgIpc) is 2.56. The molecule has 1 aromatic carbocycles. The van der Waals surface area contributed by atoms with Crippen LogP contribution in [-0.4, -0.2) is 42.0 Å². The van der Waals surface area contributed by atoms with Crippen molar-refractivity contribution in [2.24, 2.45) is 5.92 Å². The lowest BCUT2D eigenvalue weighted by Crippen LogP contribution is -2.61. The van der Waals surface area contributed by atoms with Gasteiger partial charge in [0.2, 0.25) is 5.92 Å². The van der Waals surface area contributed by atoms with Crippen LogP contribution in [0, 0.1) is 5.92 Å². The molecule has 0 amide bonds. The third-order valence-electron chi connectivity index (χ3n) is 6.11.